The van der Waals surface area contributed by atoms with Gasteiger partial charge in [-0.3, -0.25) is 0 Å². The lowest BCUT2D eigenvalue weighted by molar-refractivity contribution is 0.268. The highest BCUT2D eigenvalue weighted by atomic mass is 16.6. The Bertz CT molecular complexity index is 582. The Morgan fingerprint density at radius 3 is 3.05 bits per heavy atom. The van der Waals surface area contributed by atoms with Crippen LogP contribution in [-0.2, 0) is 6.61 Å². The molecule has 0 radical (unpaired) electrons. The van der Waals surface area contributed by atoms with Gasteiger partial charge in [0.05, 0.1) is 6.04 Å². The van der Waals surface area contributed by atoms with Gasteiger partial charge in [-0.2, -0.15) is 0 Å². The fourth-order valence-corrected chi connectivity index (χ4v) is 2.05. The molecule has 0 amide bonds. The van der Waals surface area contributed by atoms with Crippen LogP contribution in [0.4, 0.5) is 0 Å². The molecule has 6 heteroatoms. The predicted octanol–water partition coefficient (Wildman–Crippen LogP) is 1.61. The van der Waals surface area contributed by atoms with Gasteiger partial charge in [0.1, 0.15) is 36.1 Å². The molecule has 1 aliphatic heterocycles. The van der Waals surface area contributed by atoms with Gasteiger partial charge >= 0.3 is 0 Å². The number of benzene rings is 1. The Morgan fingerprint density at radius 2 is 2.32 bits per heavy atom. The maximum Gasteiger partial charge on any atom is 0.145 e. The first-order valence-electron chi connectivity index (χ1n) is 6.13. The van der Waals surface area contributed by atoms with Gasteiger partial charge in [-0.15, -0.1) is 0 Å². The molecule has 1 atom stereocenters. The normalized spacial score (nSPS) is 17.1. The molecule has 1 N–H and O–H groups in total. The molecule has 0 spiro atoms. The van der Waals surface area contributed by atoms with Crippen molar-refractivity contribution < 1.29 is 14.1 Å². The molecule has 0 saturated heterocycles. The summed E-state index contributed by atoms with van der Waals surface area (Å²) in [6, 6.07) is 6.11. The smallest absolute Gasteiger partial charge is 0.145 e. The van der Waals surface area contributed by atoms with Crippen LogP contribution in [0.1, 0.15) is 23.0 Å². The fraction of sp³-hybridized carbons (Fsp3) is 0.385. The van der Waals surface area contributed by atoms with Crippen LogP contribution in [0.3, 0.4) is 0 Å². The molecule has 1 aromatic heterocycles. The van der Waals surface area contributed by atoms with Crippen LogP contribution in [0.15, 0.2) is 22.8 Å². The van der Waals surface area contributed by atoms with Gasteiger partial charge < -0.3 is 14.8 Å². The van der Waals surface area contributed by atoms with Gasteiger partial charge in [-0.1, -0.05) is 10.3 Å². The predicted molar refractivity (Wildman–Crippen MR) is 67.1 cm³/mol. The number of aromatic nitrogens is 2. The lowest BCUT2D eigenvalue weighted by atomic mass is 10.1. The lowest BCUT2D eigenvalue weighted by Crippen LogP contribution is -2.17. The third-order valence-corrected chi connectivity index (χ3v) is 3.24. The number of rotatable bonds is 4. The molecule has 0 bridgehead atoms. The number of nitrogens with zero attached hydrogens (tertiary/aromatic N) is 2. The van der Waals surface area contributed by atoms with Crippen LogP contribution < -0.4 is 14.8 Å². The van der Waals surface area contributed by atoms with E-state index in [1.54, 1.807) is 0 Å². The zero-order chi connectivity index (χ0) is 13.2. The summed E-state index contributed by atoms with van der Waals surface area (Å²) in [7, 11) is 1.92. The van der Waals surface area contributed by atoms with Crippen molar-refractivity contribution in [3.8, 4) is 11.5 Å². The van der Waals surface area contributed by atoms with E-state index >= 15 is 0 Å². The van der Waals surface area contributed by atoms with Gasteiger partial charge in [-0.25, -0.2) is 4.63 Å². The highest BCUT2D eigenvalue weighted by molar-refractivity contribution is 5.45. The van der Waals surface area contributed by atoms with E-state index in [2.05, 4.69) is 20.3 Å². The largest absolute Gasteiger partial charge is 0.491 e. The SMILES string of the molecule is CNC1COc2cc(OCc3nonc3C)ccc21. The number of nitrogens with one attached hydrogen (secondary N) is 1. The number of likely N-dealkylation sites (N-methyl/N-ethyl adjacent to an activating group) is 1. The molecule has 0 aliphatic carbocycles. The molecule has 1 aliphatic rings. The Kier molecular flexibility index (Phi) is 3.08. The van der Waals surface area contributed by atoms with E-state index in [0.29, 0.717) is 18.9 Å². The van der Waals surface area contributed by atoms with E-state index in [4.69, 9.17) is 9.47 Å². The summed E-state index contributed by atoms with van der Waals surface area (Å²) in [6.07, 6.45) is 0. The van der Waals surface area contributed by atoms with Crippen molar-refractivity contribution in [3.05, 3.63) is 35.2 Å². The van der Waals surface area contributed by atoms with Gasteiger partial charge in [0, 0.05) is 11.6 Å². The average molecular weight is 261 g/mol. The maximum absolute atomic E-state index is 5.66. The van der Waals surface area contributed by atoms with Gasteiger partial charge in [0.2, 0.25) is 0 Å². The summed E-state index contributed by atoms with van der Waals surface area (Å²) in [4.78, 5) is 0. The number of aryl methyl sites for hydroxylation is 1. The number of hydrogen-bond acceptors (Lipinski definition) is 6. The highest BCUT2D eigenvalue weighted by Gasteiger charge is 2.22. The summed E-state index contributed by atoms with van der Waals surface area (Å²) >= 11 is 0. The van der Waals surface area contributed by atoms with E-state index in [-0.39, 0.29) is 6.04 Å². The Morgan fingerprint density at radius 1 is 1.42 bits per heavy atom. The van der Waals surface area contributed by atoms with Crippen LogP contribution >= 0.6 is 0 Å². The molecule has 6 nitrogen and oxygen atoms in total. The summed E-state index contributed by atoms with van der Waals surface area (Å²) < 4.78 is 15.9. The summed E-state index contributed by atoms with van der Waals surface area (Å²) in [6.45, 7) is 2.82. The van der Waals surface area contributed by atoms with E-state index in [1.807, 2.05) is 32.2 Å². The first kappa shape index (κ1) is 12.0. The van der Waals surface area contributed by atoms with Crippen molar-refractivity contribution in [1.29, 1.82) is 0 Å². The molecular weight excluding hydrogens is 246 g/mol. The zero-order valence-corrected chi connectivity index (χ0v) is 10.8. The molecule has 2 aromatic rings. The quantitative estimate of drug-likeness (QED) is 0.901. The molecule has 19 heavy (non-hydrogen) atoms. The average Bonchev–Trinajstić information content (AvgIpc) is 3.01. The van der Waals surface area contributed by atoms with Gasteiger partial charge in [0.15, 0.2) is 0 Å². The Balaban J connectivity index is 1.72. The lowest BCUT2D eigenvalue weighted by Gasteiger charge is -2.08. The third-order valence-electron chi connectivity index (χ3n) is 3.24. The molecular formula is C13H15N3O3. The van der Waals surface area contributed by atoms with E-state index < -0.39 is 0 Å². The summed E-state index contributed by atoms with van der Waals surface area (Å²) in [5.74, 6) is 1.62. The number of fused-ring (bicyclic) bond motifs is 1. The first-order chi connectivity index (χ1) is 9.28. The minimum absolute atomic E-state index is 0.256. The van der Waals surface area contributed by atoms with Crippen molar-refractivity contribution in [2.75, 3.05) is 13.7 Å². The molecule has 2 heterocycles. The van der Waals surface area contributed by atoms with E-state index in [9.17, 15) is 0 Å². The topological polar surface area (TPSA) is 69.4 Å². The molecule has 3 rings (SSSR count). The van der Waals surface area contributed by atoms with Crippen molar-refractivity contribution in [1.82, 2.24) is 15.6 Å². The highest BCUT2D eigenvalue weighted by Crippen LogP contribution is 2.35. The van der Waals surface area contributed by atoms with Gasteiger partial charge in [0.25, 0.3) is 0 Å². The van der Waals surface area contributed by atoms with Crippen molar-refractivity contribution >= 4 is 0 Å². The first-order valence-corrected chi connectivity index (χ1v) is 6.13. The van der Waals surface area contributed by atoms with Crippen LogP contribution in [0, 0.1) is 6.92 Å². The third kappa shape index (κ3) is 2.26. The molecule has 0 fully saturated rings. The van der Waals surface area contributed by atoms with Crippen LogP contribution in [0.2, 0.25) is 0 Å². The molecule has 1 aromatic carbocycles. The minimum Gasteiger partial charge on any atom is -0.491 e. The number of hydrogen-bond donors (Lipinski definition) is 1. The van der Waals surface area contributed by atoms with Gasteiger partial charge in [-0.05, 0) is 26.1 Å². The Labute approximate surface area is 110 Å². The molecule has 100 valence electrons. The van der Waals surface area contributed by atoms with Crippen LogP contribution in [0.25, 0.3) is 0 Å². The number of ether oxygens (including phenoxy) is 2. The second-order valence-electron chi connectivity index (χ2n) is 4.44. The van der Waals surface area contributed by atoms with E-state index in [1.165, 1.54) is 0 Å². The monoisotopic (exact) mass is 261 g/mol. The van der Waals surface area contributed by atoms with Crippen molar-refractivity contribution in [2.45, 2.75) is 19.6 Å². The molecule has 1 unspecified atom stereocenters. The van der Waals surface area contributed by atoms with Crippen molar-refractivity contribution in [3.63, 3.8) is 0 Å². The standard InChI is InChI=1S/C13H15N3O3/c1-8-11(16-19-15-8)6-17-9-3-4-10-12(14-2)7-18-13(10)5-9/h3-5,12,14H,6-7H2,1-2H3. The maximum atomic E-state index is 5.66. The van der Waals surface area contributed by atoms with E-state index in [0.717, 1.165) is 22.8 Å². The minimum atomic E-state index is 0.256. The summed E-state index contributed by atoms with van der Waals surface area (Å²) in [5, 5.41) is 10.7. The zero-order valence-electron chi connectivity index (χ0n) is 10.8. The molecule has 0 saturated carbocycles. The fourth-order valence-electron chi connectivity index (χ4n) is 2.05. The Hall–Kier alpha value is -2.08. The van der Waals surface area contributed by atoms with Crippen molar-refractivity contribution in [2.24, 2.45) is 0 Å². The second-order valence-corrected chi connectivity index (χ2v) is 4.44. The van der Waals surface area contributed by atoms with Crippen LogP contribution in [-0.4, -0.2) is 24.0 Å². The summed E-state index contributed by atoms with van der Waals surface area (Å²) in [5.41, 5.74) is 2.61. The van der Waals surface area contributed by atoms with Crippen LogP contribution in [0.5, 0.6) is 11.5 Å². The second kappa shape index (κ2) is 4.89.